The van der Waals surface area contributed by atoms with Gasteiger partial charge < -0.3 is 15.3 Å². The number of piperidine rings is 1. The van der Waals surface area contributed by atoms with E-state index in [1.54, 1.807) is 4.90 Å². The molecule has 1 aliphatic heterocycles. The second-order valence-electron chi connectivity index (χ2n) is 5.21. The van der Waals surface area contributed by atoms with Crippen LogP contribution in [-0.2, 0) is 0 Å². The summed E-state index contributed by atoms with van der Waals surface area (Å²) in [5.41, 5.74) is 0.213. The molecule has 1 aliphatic rings. The number of hydrogen-bond donors (Lipinski definition) is 2. The van der Waals surface area contributed by atoms with Crippen LogP contribution in [0.4, 0.5) is 16.2 Å². The van der Waals surface area contributed by atoms with Gasteiger partial charge >= 0.3 is 6.03 Å². The highest BCUT2D eigenvalue weighted by atomic mass is 35.5. The standard InChI is InChI=1S/C14H18ClN3O4/c15-12-9-11(18(21)22)4-5-13(12)16-14(20)17-7-2-1-3-10(17)6-8-19/h4-5,9-10,19H,1-3,6-8H2,(H,16,20). The van der Waals surface area contributed by atoms with Crippen LogP contribution in [0.25, 0.3) is 0 Å². The summed E-state index contributed by atoms with van der Waals surface area (Å²) in [5.74, 6) is 0. The van der Waals surface area contributed by atoms with E-state index in [0.29, 0.717) is 18.7 Å². The smallest absolute Gasteiger partial charge is 0.322 e. The molecule has 1 atom stereocenters. The van der Waals surface area contributed by atoms with Crippen molar-refractivity contribution < 1.29 is 14.8 Å². The number of non-ortho nitro benzene ring substituents is 1. The molecular weight excluding hydrogens is 310 g/mol. The van der Waals surface area contributed by atoms with E-state index in [1.807, 2.05) is 0 Å². The molecule has 1 aromatic rings. The van der Waals surface area contributed by atoms with Crippen LogP contribution in [0.2, 0.25) is 5.02 Å². The summed E-state index contributed by atoms with van der Waals surface area (Å²) in [6.07, 6.45) is 3.36. The molecule has 0 spiro atoms. The Hall–Kier alpha value is -1.86. The molecule has 1 fully saturated rings. The Labute approximate surface area is 133 Å². The molecule has 0 radical (unpaired) electrons. The molecule has 2 amide bonds. The third-order valence-corrected chi connectivity index (χ3v) is 4.07. The quantitative estimate of drug-likeness (QED) is 0.656. The monoisotopic (exact) mass is 327 g/mol. The molecular formula is C14H18ClN3O4. The number of halogens is 1. The number of aliphatic hydroxyl groups is 1. The number of nitro benzene ring substituents is 1. The second-order valence-corrected chi connectivity index (χ2v) is 5.61. The summed E-state index contributed by atoms with van der Waals surface area (Å²) in [6, 6.07) is 3.63. The first-order chi connectivity index (χ1) is 10.5. The number of benzene rings is 1. The lowest BCUT2D eigenvalue weighted by Crippen LogP contribution is -2.46. The summed E-state index contributed by atoms with van der Waals surface area (Å²) < 4.78 is 0. The fourth-order valence-electron chi connectivity index (χ4n) is 2.62. The highest BCUT2D eigenvalue weighted by Gasteiger charge is 2.26. The van der Waals surface area contributed by atoms with Gasteiger partial charge in [-0.05, 0) is 31.7 Å². The molecule has 2 rings (SSSR count). The molecule has 8 heteroatoms. The van der Waals surface area contributed by atoms with Crippen molar-refractivity contribution in [2.45, 2.75) is 31.7 Å². The maximum absolute atomic E-state index is 12.4. The topological polar surface area (TPSA) is 95.7 Å². The fourth-order valence-corrected chi connectivity index (χ4v) is 2.85. The number of carbonyl (C=O) groups is 1. The number of anilines is 1. The lowest BCUT2D eigenvalue weighted by atomic mass is 10.0. The number of nitrogens with one attached hydrogen (secondary N) is 1. The van der Waals surface area contributed by atoms with Gasteiger partial charge in [0.1, 0.15) is 0 Å². The molecule has 1 saturated heterocycles. The number of rotatable bonds is 4. The third-order valence-electron chi connectivity index (χ3n) is 3.76. The molecule has 7 nitrogen and oxygen atoms in total. The van der Waals surface area contributed by atoms with Gasteiger partial charge in [0.2, 0.25) is 0 Å². The maximum atomic E-state index is 12.4. The van der Waals surface area contributed by atoms with Crippen molar-refractivity contribution in [1.29, 1.82) is 0 Å². The second kappa shape index (κ2) is 7.42. The minimum absolute atomic E-state index is 0.00979. The molecule has 2 N–H and O–H groups in total. The fraction of sp³-hybridized carbons (Fsp3) is 0.500. The number of nitrogens with zero attached hydrogens (tertiary/aromatic N) is 2. The van der Waals surface area contributed by atoms with E-state index in [-0.39, 0.29) is 29.4 Å². The average Bonchev–Trinajstić information content (AvgIpc) is 2.50. The summed E-state index contributed by atoms with van der Waals surface area (Å²) in [4.78, 5) is 24.2. The van der Waals surface area contributed by atoms with Crippen LogP contribution in [0, 0.1) is 10.1 Å². The van der Waals surface area contributed by atoms with Gasteiger partial charge in [-0.15, -0.1) is 0 Å². The zero-order valence-corrected chi connectivity index (χ0v) is 12.8. The van der Waals surface area contributed by atoms with Crippen molar-refractivity contribution in [1.82, 2.24) is 4.90 Å². The van der Waals surface area contributed by atoms with Gasteiger partial charge in [0, 0.05) is 31.3 Å². The predicted octanol–water partition coefficient (Wildman–Crippen LogP) is 3.02. The van der Waals surface area contributed by atoms with E-state index >= 15 is 0 Å². The van der Waals surface area contributed by atoms with Gasteiger partial charge in [0.25, 0.3) is 5.69 Å². The van der Waals surface area contributed by atoms with E-state index in [0.717, 1.165) is 19.3 Å². The van der Waals surface area contributed by atoms with E-state index in [1.165, 1.54) is 18.2 Å². The number of urea groups is 1. The Bertz CT molecular complexity index is 565. The van der Waals surface area contributed by atoms with Crippen LogP contribution < -0.4 is 5.32 Å². The average molecular weight is 328 g/mol. The van der Waals surface area contributed by atoms with Crippen molar-refractivity contribution in [2.24, 2.45) is 0 Å². The predicted molar refractivity (Wildman–Crippen MR) is 83.2 cm³/mol. The molecule has 0 aliphatic carbocycles. The lowest BCUT2D eigenvalue weighted by molar-refractivity contribution is -0.384. The van der Waals surface area contributed by atoms with Crippen LogP contribution in [0.5, 0.6) is 0 Å². The third kappa shape index (κ3) is 3.86. The van der Waals surface area contributed by atoms with Gasteiger partial charge in [-0.2, -0.15) is 0 Å². The van der Waals surface area contributed by atoms with Crippen LogP contribution >= 0.6 is 11.6 Å². The van der Waals surface area contributed by atoms with E-state index in [9.17, 15) is 14.9 Å². The largest absolute Gasteiger partial charge is 0.396 e. The van der Waals surface area contributed by atoms with Gasteiger partial charge in [-0.1, -0.05) is 11.6 Å². The molecule has 0 saturated carbocycles. The van der Waals surface area contributed by atoms with Crippen molar-refractivity contribution in [3.05, 3.63) is 33.3 Å². The van der Waals surface area contributed by atoms with E-state index in [2.05, 4.69) is 5.32 Å². The van der Waals surface area contributed by atoms with Gasteiger partial charge in [0.15, 0.2) is 0 Å². The Kier molecular flexibility index (Phi) is 5.57. The summed E-state index contributed by atoms with van der Waals surface area (Å²) >= 11 is 5.98. The van der Waals surface area contributed by atoms with Crippen LogP contribution in [0.15, 0.2) is 18.2 Å². The Morgan fingerprint density at radius 1 is 1.50 bits per heavy atom. The van der Waals surface area contributed by atoms with Crippen molar-refractivity contribution in [3.63, 3.8) is 0 Å². The maximum Gasteiger partial charge on any atom is 0.322 e. The molecule has 0 aromatic heterocycles. The Morgan fingerprint density at radius 2 is 2.27 bits per heavy atom. The highest BCUT2D eigenvalue weighted by Crippen LogP contribution is 2.28. The summed E-state index contributed by atoms with van der Waals surface area (Å²) in [6.45, 7) is 0.661. The van der Waals surface area contributed by atoms with E-state index < -0.39 is 4.92 Å². The first-order valence-corrected chi connectivity index (χ1v) is 7.53. The number of amides is 2. The minimum atomic E-state index is -0.542. The zero-order valence-electron chi connectivity index (χ0n) is 12.0. The van der Waals surface area contributed by atoms with Gasteiger partial charge in [-0.25, -0.2) is 4.79 Å². The van der Waals surface area contributed by atoms with Crippen LogP contribution in [0.3, 0.4) is 0 Å². The summed E-state index contributed by atoms with van der Waals surface area (Å²) in [7, 11) is 0. The van der Waals surface area contributed by atoms with Crippen LogP contribution in [0.1, 0.15) is 25.7 Å². The summed E-state index contributed by atoms with van der Waals surface area (Å²) in [5, 5.41) is 22.6. The zero-order chi connectivity index (χ0) is 16.1. The number of carbonyl (C=O) groups excluding carboxylic acids is 1. The normalized spacial score (nSPS) is 18.1. The molecule has 22 heavy (non-hydrogen) atoms. The number of hydrogen-bond acceptors (Lipinski definition) is 4. The molecule has 120 valence electrons. The first-order valence-electron chi connectivity index (χ1n) is 7.15. The highest BCUT2D eigenvalue weighted by molar-refractivity contribution is 6.33. The molecule has 1 aromatic carbocycles. The number of aliphatic hydroxyl groups excluding tert-OH is 1. The van der Waals surface area contributed by atoms with Gasteiger partial charge in [-0.3, -0.25) is 10.1 Å². The van der Waals surface area contributed by atoms with E-state index in [4.69, 9.17) is 16.7 Å². The Balaban J connectivity index is 2.09. The van der Waals surface area contributed by atoms with Crippen LogP contribution in [-0.4, -0.2) is 40.2 Å². The number of likely N-dealkylation sites (tertiary alicyclic amines) is 1. The van der Waals surface area contributed by atoms with Crippen molar-refractivity contribution in [3.8, 4) is 0 Å². The molecule has 1 unspecified atom stereocenters. The molecule has 1 heterocycles. The Morgan fingerprint density at radius 3 is 2.91 bits per heavy atom. The first kappa shape index (κ1) is 16.5. The van der Waals surface area contributed by atoms with Crippen molar-refractivity contribution >= 4 is 29.0 Å². The minimum Gasteiger partial charge on any atom is -0.396 e. The number of nitro groups is 1. The van der Waals surface area contributed by atoms with Crippen molar-refractivity contribution in [2.75, 3.05) is 18.5 Å². The molecule has 0 bridgehead atoms. The van der Waals surface area contributed by atoms with Gasteiger partial charge in [0.05, 0.1) is 15.6 Å². The lowest BCUT2D eigenvalue weighted by Gasteiger charge is -2.35. The SMILES string of the molecule is O=C(Nc1ccc([N+](=O)[O-])cc1Cl)N1CCCCC1CCO.